The number of nitro benzene ring substituents is 1. The molecule has 0 bridgehead atoms. The zero-order valence-corrected chi connectivity index (χ0v) is 10.8. The topological polar surface area (TPSA) is 115 Å². The monoisotopic (exact) mass is 292 g/mol. The minimum absolute atomic E-state index is 0.0638. The molecule has 102 valence electrons. The molecule has 0 saturated carbocycles. The van der Waals surface area contributed by atoms with E-state index in [2.05, 4.69) is 4.98 Å². The van der Waals surface area contributed by atoms with Gasteiger partial charge in [-0.3, -0.25) is 15.5 Å². The molecule has 1 aromatic carbocycles. The average Bonchev–Trinajstić information content (AvgIpc) is 2.41. The Bertz CT molecular complexity index is 690. The molecule has 0 fully saturated rings. The van der Waals surface area contributed by atoms with Gasteiger partial charge >= 0.3 is 5.69 Å². The lowest BCUT2D eigenvalue weighted by Crippen LogP contribution is -2.13. The van der Waals surface area contributed by atoms with E-state index in [4.69, 9.17) is 27.5 Å². The molecule has 20 heavy (non-hydrogen) atoms. The molecule has 0 aliphatic rings. The Morgan fingerprint density at radius 2 is 2.05 bits per heavy atom. The van der Waals surface area contributed by atoms with Crippen molar-refractivity contribution in [1.29, 1.82) is 5.41 Å². The van der Waals surface area contributed by atoms with Gasteiger partial charge in [0.2, 0.25) is 11.6 Å². The highest BCUT2D eigenvalue weighted by Gasteiger charge is 2.19. The zero-order valence-electron chi connectivity index (χ0n) is 10.0. The maximum absolute atomic E-state index is 10.9. The highest BCUT2D eigenvalue weighted by molar-refractivity contribution is 6.32. The van der Waals surface area contributed by atoms with Gasteiger partial charge in [0.25, 0.3) is 0 Å². The molecule has 8 heteroatoms. The molecule has 0 atom stereocenters. The number of amidine groups is 1. The van der Waals surface area contributed by atoms with Gasteiger partial charge in [-0.2, -0.15) is 0 Å². The van der Waals surface area contributed by atoms with Gasteiger partial charge in [-0.25, -0.2) is 4.98 Å². The van der Waals surface area contributed by atoms with E-state index in [0.717, 1.165) is 0 Å². The largest absolute Gasteiger partial charge is 0.430 e. The van der Waals surface area contributed by atoms with E-state index < -0.39 is 4.92 Å². The van der Waals surface area contributed by atoms with Crippen LogP contribution in [0.1, 0.15) is 5.69 Å². The minimum Gasteiger partial charge on any atom is -0.430 e. The first-order valence-corrected chi connectivity index (χ1v) is 5.79. The summed E-state index contributed by atoms with van der Waals surface area (Å²) >= 11 is 5.90. The van der Waals surface area contributed by atoms with Crippen LogP contribution in [0.4, 0.5) is 5.69 Å². The summed E-state index contributed by atoms with van der Waals surface area (Å²) in [7, 11) is 0. The van der Waals surface area contributed by atoms with Crippen molar-refractivity contribution in [2.45, 2.75) is 0 Å². The summed E-state index contributed by atoms with van der Waals surface area (Å²) in [5.41, 5.74) is 5.25. The van der Waals surface area contributed by atoms with Gasteiger partial charge in [0, 0.05) is 12.1 Å². The summed E-state index contributed by atoms with van der Waals surface area (Å²) in [6.45, 7) is 0. The Kier molecular flexibility index (Phi) is 3.81. The van der Waals surface area contributed by atoms with Crippen molar-refractivity contribution in [1.82, 2.24) is 4.98 Å². The van der Waals surface area contributed by atoms with Gasteiger partial charge in [0.1, 0.15) is 11.5 Å². The molecule has 0 aliphatic heterocycles. The Hall–Kier alpha value is -2.67. The van der Waals surface area contributed by atoms with Crippen LogP contribution in [0.5, 0.6) is 11.6 Å². The highest BCUT2D eigenvalue weighted by Crippen LogP contribution is 2.37. The number of para-hydroxylation sites is 1. The zero-order chi connectivity index (χ0) is 14.7. The summed E-state index contributed by atoms with van der Waals surface area (Å²) < 4.78 is 5.36. The van der Waals surface area contributed by atoms with Crippen molar-refractivity contribution in [3.8, 4) is 11.6 Å². The summed E-state index contributed by atoms with van der Waals surface area (Å²) in [6.07, 6.45) is 0. The van der Waals surface area contributed by atoms with E-state index in [0.29, 0.717) is 0 Å². The van der Waals surface area contributed by atoms with E-state index in [-0.39, 0.29) is 33.9 Å². The SMILES string of the molecule is N=C(N)c1cccc(Oc2c(Cl)cccc2[N+](=O)[O-])n1. The Morgan fingerprint density at radius 1 is 1.35 bits per heavy atom. The van der Waals surface area contributed by atoms with Crippen LogP contribution in [0.25, 0.3) is 0 Å². The van der Waals surface area contributed by atoms with Gasteiger partial charge in [-0.05, 0) is 12.1 Å². The summed E-state index contributed by atoms with van der Waals surface area (Å²) in [4.78, 5) is 14.3. The second-order valence-corrected chi connectivity index (χ2v) is 4.13. The first-order chi connectivity index (χ1) is 9.49. The van der Waals surface area contributed by atoms with Crippen molar-refractivity contribution in [2.24, 2.45) is 5.73 Å². The maximum atomic E-state index is 10.9. The van der Waals surface area contributed by atoms with Crippen LogP contribution in [-0.4, -0.2) is 15.7 Å². The van der Waals surface area contributed by atoms with E-state index in [9.17, 15) is 10.1 Å². The normalized spacial score (nSPS) is 10.1. The molecule has 7 nitrogen and oxygen atoms in total. The summed E-state index contributed by atoms with van der Waals surface area (Å²) in [5, 5.41) is 18.3. The predicted molar refractivity (Wildman–Crippen MR) is 73.4 cm³/mol. The Morgan fingerprint density at radius 3 is 2.70 bits per heavy atom. The summed E-state index contributed by atoms with van der Waals surface area (Å²) in [5.74, 6) is -0.273. The molecule has 2 aromatic rings. The van der Waals surface area contributed by atoms with Crippen LogP contribution in [0.15, 0.2) is 36.4 Å². The number of halogens is 1. The second-order valence-electron chi connectivity index (χ2n) is 3.72. The second kappa shape index (κ2) is 5.54. The summed E-state index contributed by atoms with van der Waals surface area (Å²) in [6, 6.07) is 8.78. The van der Waals surface area contributed by atoms with Crippen molar-refractivity contribution in [2.75, 3.05) is 0 Å². The fourth-order valence-electron chi connectivity index (χ4n) is 1.47. The first-order valence-electron chi connectivity index (χ1n) is 5.41. The number of nitrogen functional groups attached to an aromatic ring is 1. The van der Waals surface area contributed by atoms with E-state index in [1.54, 1.807) is 6.07 Å². The van der Waals surface area contributed by atoms with E-state index in [1.165, 1.54) is 30.3 Å². The molecule has 1 heterocycles. The number of hydrogen-bond acceptors (Lipinski definition) is 5. The number of hydrogen-bond donors (Lipinski definition) is 2. The number of ether oxygens (including phenoxy) is 1. The van der Waals surface area contributed by atoms with Gasteiger partial charge in [-0.15, -0.1) is 0 Å². The smallest absolute Gasteiger partial charge is 0.313 e. The number of pyridine rings is 1. The van der Waals surface area contributed by atoms with E-state index >= 15 is 0 Å². The molecular weight excluding hydrogens is 284 g/mol. The van der Waals surface area contributed by atoms with Crippen LogP contribution < -0.4 is 10.5 Å². The van der Waals surface area contributed by atoms with Crippen LogP contribution in [0.3, 0.4) is 0 Å². The number of aromatic nitrogens is 1. The third-order valence-electron chi connectivity index (χ3n) is 2.35. The van der Waals surface area contributed by atoms with Crippen molar-refractivity contribution >= 4 is 23.1 Å². The first kappa shape index (κ1) is 13.8. The molecule has 2 rings (SSSR count). The van der Waals surface area contributed by atoms with Crippen molar-refractivity contribution < 1.29 is 9.66 Å². The van der Waals surface area contributed by atoms with Crippen LogP contribution in [0, 0.1) is 15.5 Å². The minimum atomic E-state index is -0.601. The molecule has 0 aliphatic carbocycles. The molecule has 1 aromatic heterocycles. The highest BCUT2D eigenvalue weighted by atomic mass is 35.5. The quantitative estimate of drug-likeness (QED) is 0.389. The molecule has 0 spiro atoms. The molecule has 0 saturated heterocycles. The standard InChI is InChI=1S/C12H9ClN4O3/c13-7-3-1-5-9(17(18)19)11(7)20-10-6-2-4-8(16-10)12(14)15/h1-6H,(H3,14,15). The number of nitrogens with one attached hydrogen (secondary N) is 1. The molecule has 3 N–H and O–H groups in total. The van der Waals surface area contributed by atoms with Crippen molar-refractivity contribution in [3.05, 3.63) is 57.2 Å². The van der Waals surface area contributed by atoms with Gasteiger partial charge < -0.3 is 10.5 Å². The molecule has 0 radical (unpaired) electrons. The van der Waals surface area contributed by atoms with Crippen LogP contribution in [0.2, 0.25) is 5.02 Å². The lowest BCUT2D eigenvalue weighted by Gasteiger charge is -2.08. The molecule has 0 unspecified atom stereocenters. The van der Waals surface area contributed by atoms with Gasteiger partial charge in [0.05, 0.1) is 9.95 Å². The van der Waals surface area contributed by atoms with Crippen molar-refractivity contribution in [3.63, 3.8) is 0 Å². The number of rotatable bonds is 4. The predicted octanol–water partition coefficient (Wildman–Crippen LogP) is 2.72. The fourth-order valence-corrected chi connectivity index (χ4v) is 1.68. The molecular formula is C12H9ClN4O3. The third-order valence-corrected chi connectivity index (χ3v) is 2.65. The third kappa shape index (κ3) is 2.83. The lowest BCUT2D eigenvalue weighted by molar-refractivity contribution is -0.385. The molecule has 0 amide bonds. The number of nitrogens with two attached hydrogens (primary N) is 1. The van der Waals surface area contributed by atoms with Gasteiger partial charge in [0.15, 0.2) is 0 Å². The van der Waals surface area contributed by atoms with Crippen LogP contribution >= 0.6 is 11.6 Å². The average molecular weight is 293 g/mol. The fraction of sp³-hybridized carbons (Fsp3) is 0. The van der Waals surface area contributed by atoms with E-state index in [1.807, 2.05) is 0 Å². The number of nitro groups is 1. The Labute approximate surface area is 118 Å². The number of nitrogens with zero attached hydrogens (tertiary/aromatic N) is 2. The number of benzene rings is 1. The maximum Gasteiger partial charge on any atom is 0.313 e. The van der Waals surface area contributed by atoms with Crippen LogP contribution in [-0.2, 0) is 0 Å². The van der Waals surface area contributed by atoms with Gasteiger partial charge in [-0.1, -0.05) is 23.7 Å². The lowest BCUT2D eigenvalue weighted by atomic mass is 10.3. The Balaban J connectivity index is 2.42.